The van der Waals surface area contributed by atoms with Crippen LogP contribution in [0.4, 0.5) is 0 Å². The third-order valence-corrected chi connectivity index (χ3v) is 4.21. The van der Waals surface area contributed by atoms with Gasteiger partial charge in [-0.3, -0.25) is 0 Å². The maximum absolute atomic E-state index is 6.26. The van der Waals surface area contributed by atoms with Gasteiger partial charge in [-0.15, -0.1) is 0 Å². The molecule has 5 heteroatoms. The second-order valence-electron chi connectivity index (χ2n) is 4.86. The average molecular weight is 314 g/mol. The molecule has 2 atom stereocenters. The molecule has 2 nitrogen and oxygen atoms in total. The highest BCUT2D eigenvalue weighted by atomic mass is 35.5. The van der Waals surface area contributed by atoms with E-state index < -0.39 is 0 Å². The number of hydrogen-bond acceptors (Lipinski definition) is 2. The van der Waals surface area contributed by atoms with Gasteiger partial charge in [-0.1, -0.05) is 53.9 Å². The Kier molecular flexibility index (Phi) is 3.42. The van der Waals surface area contributed by atoms with E-state index in [-0.39, 0.29) is 0 Å². The lowest BCUT2D eigenvalue weighted by molar-refractivity contribution is 0.843. The van der Waals surface area contributed by atoms with E-state index in [0.717, 1.165) is 17.8 Å². The third kappa shape index (κ3) is 2.58. The summed E-state index contributed by atoms with van der Waals surface area (Å²) in [4.78, 5) is 8.76. The summed E-state index contributed by atoms with van der Waals surface area (Å²) in [5, 5.41) is 1.47. The zero-order valence-electron chi connectivity index (χ0n) is 10.2. The Labute approximate surface area is 126 Å². The van der Waals surface area contributed by atoms with Crippen molar-refractivity contribution < 1.29 is 0 Å². The molecule has 3 rings (SSSR count). The van der Waals surface area contributed by atoms with Crippen molar-refractivity contribution in [2.75, 3.05) is 0 Å². The number of halogens is 3. The summed E-state index contributed by atoms with van der Waals surface area (Å²) in [6.45, 7) is 2.17. The number of rotatable bonds is 2. The molecule has 1 fully saturated rings. The van der Waals surface area contributed by atoms with E-state index in [9.17, 15) is 0 Å². The molecule has 1 heterocycles. The molecule has 1 aliphatic carbocycles. The summed E-state index contributed by atoms with van der Waals surface area (Å²) in [7, 11) is 0. The highest BCUT2D eigenvalue weighted by Crippen LogP contribution is 2.46. The van der Waals surface area contributed by atoms with Crippen molar-refractivity contribution in [2.45, 2.75) is 19.3 Å². The van der Waals surface area contributed by atoms with Gasteiger partial charge in [0, 0.05) is 10.9 Å². The number of aromatic nitrogens is 2. The lowest BCUT2D eigenvalue weighted by atomic mass is 10.1. The van der Waals surface area contributed by atoms with Crippen molar-refractivity contribution in [2.24, 2.45) is 5.92 Å². The number of hydrogen-bond donors (Lipinski definition) is 0. The molecule has 1 aromatic heterocycles. The first-order chi connectivity index (χ1) is 9.06. The van der Waals surface area contributed by atoms with Gasteiger partial charge in [-0.05, 0) is 30.0 Å². The van der Waals surface area contributed by atoms with Crippen LogP contribution in [-0.4, -0.2) is 9.97 Å². The molecule has 0 amide bonds. The first kappa shape index (κ1) is 13.2. The Morgan fingerprint density at radius 3 is 2.00 bits per heavy atom. The van der Waals surface area contributed by atoms with Crippen molar-refractivity contribution in [3.63, 3.8) is 0 Å². The first-order valence-corrected chi connectivity index (χ1v) is 7.18. The van der Waals surface area contributed by atoms with Crippen LogP contribution in [0.5, 0.6) is 0 Å². The molecule has 0 radical (unpaired) electrons. The lowest BCUT2D eigenvalue weighted by Gasteiger charge is -2.08. The van der Waals surface area contributed by atoms with Gasteiger partial charge in [-0.2, -0.15) is 0 Å². The summed E-state index contributed by atoms with van der Waals surface area (Å²) in [5.41, 5.74) is 1.53. The molecule has 1 saturated carbocycles. The fourth-order valence-corrected chi connectivity index (χ4v) is 2.87. The summed E-state index contributed by atoms with van der Waals surface area (Å²) in [6.07, 6.45) is 1.10. The van der Waals surface area contributed by atoms with Gasteiger partial charge in [0.2, 0.25) is 0 Å². The van der Waals surface area contributed by atoms with E-state index in [4.69, 9.17) is 34.8 Å². The minimum absolute atomic E-state index is 0.397. The monoisotopic (exact) mass is 312 g/mol. The second kappa shape index (κ2) is 4.93. The highest BCUT2D eigenvalue weighted by molar-refractivity contribution is 6.37. The Bertz CT molecular complexity index is 602. The van der Waals surface area contributed by atoms with Gasteiger partial charge in [-0.25, -0.2) is 9.97 Å². The fraction of sp³-hybridized carbons (Fsp3) is 0.286. The summed E-state index contributed by atoms with van der Waals surface area (Å²) in [6, 6.07) is 7.30. The van der Waals surface area contributed by atoms with E-state index in [0.29, 0.717) is 32.7 Å². The number of nitrogens with zero attached hydrogens (tertiary/aromatic N) is 2. The normalized spacial score (nSPS) is 21.5. The molecule has 0 aliphatic heterocycles. The van der Waals surface area contributed by atoms with Crippen LogP contribution in [0.15, 0.2) is 24.3 Å². The summed E-state index contributed by atoms with van der Waals surface area (Å²) >= 11 is 18.4. The Balaban J connectivity index is 2.04. The fourth-order valence-electron chi connectivity index (χ4n) is 2.13. The Hall–Kier alpha value is -0.830. The van der Waals surface area contributed by atoms with E-state index in [1.807, 2.05) is 12.1 Å². The van der Waals surface area contributed by atoms with Crippen LogP contribution in [0, 0.1) is 5.92 Å². The van der Waals surface area contributed by atoms with Gasteiger partial charge < -0.3 is 0 Å². The van der Waals surface area contributed by atoms with Crippen LogP contribution in [0.25, 0.3) is 11.1 Å². The van der Waals surface area contributed by atoms with Crippen molar-refractivity contribution in [1.29, 1.82) is 0 Å². The molecule has 0 saturated heterocycles. The molecular weight excluding hydrogens is 303 g/mol. The Morgan fingerprint density at radius 1 is 1.00 bits per heavy atom. The van der Waals surface area contributed by atoms with Crippen molar-refractivity contribution >= 4 is 34.8 Å². The van der Waals surface area contributed by atoms with E-state index in [2.05, 4.69) is 16.9 Å². The molecule has 0 spiro atoms. The largest absolute Gasteiger partial charge is 0.220 e. The minimum atomic E-state index is 0.397. The first-order valence-electron chi connectivity index (χ1n) is 6.05. The number of benzene rings is 1. The van der Waals surface area contributed by atoms with Crippen molar-refractivity contribution in [3.05, 3.63) is 45.4 Å². The molecule has 0 bridgehead atoms. The molecular formula is C14H11Cl3N2. The predicted molar refractivity (Wildman–Crippen MR) is 79.0 cm³/mol. The van der Waals surface area contributed by atoms with Crippen LogP contribution in [-0.2, 0) is 0 Å². The topological polar surface area (TPSA) is 25.8 Å². The van der Waals surface area contributed by atoms with Crippen molar-refractivity contribution in [3.8, 4) is 11.1 Å². The third-order valence-electron chi connectivity index (χ3n) is 3.41. The highest BCUT2D eigenvalue weighted by Gasteiger charge is 2.37. The average Bonchev–Trinajstić information content (AvgIpc) is 3.08. The second-order valence-corrected chi connectivity index (χ2v) is 6.02. The van der Waals surface area contributed by atoms with E-state index >= 15 is 0 Å². The summed E-state index contributed by atoms with van der Waals surface area (Å²) < 4.78 is 0. The molecule has 1 aromatic carbocycles. The molecule has 1 aliphatic rings. The van der Waals surface area contributed by atoms with Crippen molar-refractivity contribution in [1.82, 2.24) is 9.97 Å². The molecule has 19 heavy (non-hydrogen) atoms. The maximum atomic E-state index is 6.26. The molecule has 0 N–H and O–H groups in total. The zero-order valence-corrected chi connectivity index (χ0v) is 12.5. The van der Waals surface area contributed by atoms with Gasteiger partial charge in [0.25, 0.3) is 0 Å². The lowest BCUT2D eigenvalue weighted by Crippen LogP contribution is -1.97. The molecule has 2 aromatic rings. The van der Waals surface area contributed by atoms with Crippen LogP contribution in [0.1, 0.15) is 25.1 Å². The van der Waals surface area contributed by atoms with E-state index in [1.165, 1.54) is 0 Å². The van der Waals surface area contributed by atoms with Crippen LogP contribution >= 0.6 is 34.8 Å². The minimum Gasteiger partial charge on any atom is -0.220 e. The zero-order chi connectivity index (χ0) is 13.6. The smallest absolute Gasteiger partial charge is 0.142 e. The molecule has 2 unspecified atom stereocenters. The Morgan fingerprint density at radius 2 is 1.53 bits per heavy atom. The SMILES string of the molecule is CC1CC1c1nc(Cl)c(-c2ccc(Cl)cc2)c(Cl)n1. The van der Waals surface area contributed by atoms with Gasteiger partial charge in [0.15, 0.2) is 0 Å². The van der Waals surface area contributed by atoms with Gasteiger partial charge >= 0.3 is 0 Å². The molecule has 98 valence electrons. The van der Waals surface area contributed by atoms with Crippen LogP contribution < -0.4 is 0 Å². The van der Waals surface area contributed by atoms with Crippen LogP contribution in [0.2, 0.25) is 15.3 Å². The standard InChI is InChI=1S/C14H11Cl3N2/c1-7-6-10(7)14-18-12(16)11(13(17)19-14)8-2-4-9(15)5-3-8/h2-5,7,10H,6H2,1H3. The maximum Gasteiger partial charge on any atom is 0.142 e. The predicted octanol–water partition coefficient (Wildman–Crippen LogP) is 5.23. The van der Waals surface area contributed by atoms with Crippen LogP contribution in [0.3, 0.4) is 0 Å². The quantitative estimate of drug-likeness (QED) is 0.710. The van der Waals surface area contributed by atoms with Gasteiger partial charge in [0.05, 0.1) is 5.56 Å². The van der Waals surface area contributed by atoms with E-state index in [1.54, 1.807) is 12.1 Å². The van der Waals surface area contributed by atoms with Gasteiger partial charge in [0.1, 0.15) is 16.1 Å². The summed E-state index contributed by atoms with van der Waals surface area (Å²) in [5.74, 6) is 1.77.